The number of rotatable bonds is 8. The fourth-order valence-corrected chi connectivity index (χ4v) is 11.2. The Morgan fingerprint density at radius 3 is 1.43 bits per heavy atom. The molecule has 1 aliphatic carbocycles. The van der Waals surface area contributed by atoms with Crippen molar-refractivity contribution in [2.45, 2.75) is 5.41 Å². The first kappa shape index (κ1) is 37.0. The molecule has 0 radical (unpaired) electrons. The van der Waals surface area contributed by atoms with Crippen molar-refractivity contribution in [3.63, 3.8) is 0 Å². The standard InChI is InChI=1S/C61H41NS/c1-5-17-42(18-6-1)43-29-33-48(34-30-43)62(50-37-38-53-52-26-14-16-28-59(52)63-60(53)39-50)49-35-31-45(32-36-49)55-41-58-56(40-54(55)44-19-7-2-8-20-44)51-25-13-15-27-57(51)61(58,46-21-9-3-10-22-46)47-23-11-4-12-24-47/h1-41H. The van der Waals surface area contributed by atoms with Gasteiger partial charge in [-0.2, -0.15) is 0 Å². The van der Waals surface area contributed by atoms with E-state index in [2.05, 4.69) is 254 Å². The summed E-state index contributed by atoms with van der Waals surface area (Å²) in [5.41, 5.74) is 17.8. The largest absolute Gasteiger partial charge is 0.310 e. The molecular weight excluding hydrogens is 779 g/mol. The van der Waals surface area contributed by atoms with E-state index in [0.717, 1.165) is 17.1 Å². The average Bonchev–Trinajstić information content (AvgIpc) is 3.88. The SMILES string of the molecule is c1ccc(-c2ccc(N(c3ccc(-c4cc5c(cc4-c4ccccc4)-c4ccccc4C5(c4ccccc4)c4ccccc4)cc3)c3ccc4c(c3)sc3ccccc34)cc2)cc1. The van der Waals surface area contributed by atoms with Crippen LogP contribution in [0.25, 0.3) is 64.7 Å². The van der Waals surface area contributed by atoms with Gasteiger partial charge in [0.05, 0.1) is 5.41 Å². The maximum Gasteiger partial charge on any atom is 0.0713 e. The van der Waals surface area contributed by atoms with Gasteiger partial charge >= 0.3 is 0 Å². The van der Waals surface area contributed by atoms with E-state index >= 15 is 0 Å². The molecule has 0 fully saturated rings. The number of nitrogens with zero attached hydrogens (tertiary/aromatic N) is 1. The van der Waals surface area contributed by atoms with Crippen LogP contribution < -0.4 is 4.90 Å². The van der Waals surface area contributed by atoms with E-state index in [-0.39, 0.29) is 0 Å². The molecule has 0 saturated carbocycles. The van der Waals surface area contributed by atoms with Crippen LogP contribution >= 0.6 is 11.3 Å². The molecule has 11 aromatic rings. The summed E-state index contributed by atoms with van der Waals surface area (Å²) in [5.74, 6) is 0. The Morgan fingerprint density at radius 1 is 0.286 bits per heavy atom. The minimum absolute atomic E-state index is 0.494. The molecule has 0 bridgehead atoms. The Labute approximate surface area is 372 Å². The smallest absolute Gasteiger partial charge is 0.0713 e. The van der Waals surface area contributed by atoms with Gasteiger partial charge in [0, 0.05) is 37.2 Å². The Morgan fingerprint density at radius 2 is 0.762 bits per heavy atom. The summed E-state index contributed by atoms with van der Waals surface area (Å²) in [6, 6.07) is 91.5. The number of anilines is 3. The summed E-state index contributed by atoms with van der Waals surface area (Å²) in [5, 5.41) is 2.60. The third-order valence-corrected chi connectivity index (χ3v) is 14.1. The summed E-state index contributed by atoms with van der Waals surface area (Å²) in [6.07, 6.45) is 0. The zero-order valence-corrected chi connectivity index (χ0v) is 35.3. The van der Waals surface area contributed by atoms with E-state index in [1.807, 2.05) is 11.3 Å². The molecule has 10 aromatic carbocycles. The highest BCUT2D eigenvalue weighted by molar-refractivity contribution is 7.25. The van der Waals surface area contributed by atoms with Crippen LogP contribution in [0.3, 0.4) is 0 Å². The fourth-order valence-electron chi connectivity index (χ4n) is 10.1. The van der Waals surface area contributed by atoms with Crippen LogP contribution in [0.4, 0.5) is 17.1 Å². The molecule has 0 spiro atoms. The Balaban J connectivity index is 1.04. The minimum Gasteiger partial charge on any atom is -0.310 e. The van der Waals surface area contributed by atoms with Gasteiger partial charge in [-0.1, -0.05) is 194 Å². The van der Waals surface area contributed by atoms with E-state index in [9.17, 15) is 0 Å². The van der Waals surface area contributed by atoms with E-state index in [4.69, 9.17) is 0 Å². The molecule has 0 unspecified atom stereocenters. The van der Waals surface area contributed by atoms with Crippen molar-refractivity contribution in [1.82, 2.24) is 0 Å². The van der Waals surface area contributed by atoms with Crippen molar-refractivity contribution in [2.75, 3.05) is 4.90 Å². The lowest BCUT2D eigenvalue weighted by molar-refractivity contribution is 0.769. The third kappa shape index (κ3) is 6.14. The second-order valence-electron chi connectivity index (χ2n) is 16.4. The van der Waals surface area contributed by atoms with Crippen molar-refractivity contribution in [3.05, 3.63) is 271 Å². The first-order valence-electron chi connectivity index (χ1n) is 21.7. The van der Waals surface area contributed by atoms with Gasteiger partial charge in [0.2, 0.25) is 0 Å². The molecule has 0 saturated heterocycles. The van der Waals surface area contributed by atoms with Crippen molar-refractivity contribution < 1.29 is 0 Å². The van der Waals surface area contributed by atoms with Crippen LogP contribution in [-0.2, 0) is 5.41 Å². The molecule has 63 heavy (non-hydrogen) atoms. The highest BCUT2D eigenvalue weighted by Crippen LogP contribution is 2.58. The molecule has 0 aliphatic heterocycles. The zero-order chi connectivity index (χ0) is 41.7. The van der Waals surface area contributed by atoms with Crippen molar-refractivity contribution >= 4 is 48.6 Å². The number of benzene rings is 10. The lowest BCUT2D eigenvalue weighted by Gasteiger charge is -2.34. The van der Waals surface area contributed by atoms with Crippen LogP contribution in [0.15, 0.2) is 249 Å². The summed E-state index contributed by atoms with van der Waals surface area (Å²) < 4.78 is 2.59. The van der Waals surface area contributed by atoms with Crippen LogP contribution in [-0.4, -0.2) is 0 Å². The fraction of sp³-hybridized carbons (Fsp3) is 0.0164. The maximum absolute atomic E-state index is 2.50. The van der Waals surface area contributed by atoms with Gasteiger partial charge in [-0.05, 0) is 121 Å². The highest BCUT2D eigenvalue weighted by atomic mass is 32.1. The van der Waals surface area contributed by atoms with Crippen LogP contribution in [0.2, 0.25) is 0 Å². The molecule has 296 valence electrons. The second kappa shape index (κ2) is 15.3. The quantitative estimate of drug-likeness (QED) is 0.148. The van der Waals surface area contributed by atoms with Crippen molar-refractivity contribution in [2.24, 2.45) is 0 Å². The lowest BCUT2D eigenvalue weighted by Crippen LogP contribution is -2.28. The normalized spacial score (nSPS) is 12.6. The van der Waals surface area contributed by atoms with Crippen LogP contribution in [0.5, 0.6) is 0 Å². The minimum atomic E-state index is -0.494. The first-order chi connectivity index (χ1) is 31.2. The topological polar surface area (TPSA) is 3.24 Å². The molecular formula is C61H41NS. The van der Waals surface area contributed by atoms with E-state index in [1.54, 1.807) is 0 Å². The molecule has 2 heteroatoms. The summed E-state index contributed by atoms with van der Waals surface area (Å²) in [7, 11) is 0. The molecule has 1 heterocycles. The van der Waals surface area contributed by atoms with E-state index in [0.29, 0.717) is 0 Å². The summed E-state index contributed by atoms with van der Waals surface area (Å²) in [6.45, 7) is 0. The second-order valence-corrected chi connectivity index (χ2v) is 17.5. The monoisotopic (exact) mass is 819 g/mol. The van der Waals surface area contributed by atoms with Gasteiger partial charge in [0.25, 0.3) is 0 Å². The first-order valence-corrected chi connectivity index (χ1v) is 22.5. The summed E-state index contributed by atoms with van der Waals surface area (Å²) >= 11 is 1.86. The molecule has 1 aliphatic rings. The predicted molar refractivity (Wildman–Crippen MR) is 268 cm³/mol. The van der Waals surface area contributed by atoms with E-state index in [1.165, 1.54) is 86.9 Å². The van der Waals surface area contributed by atoms with Gasteiger partial charge < -0.3 is 4.90 Å². The zero-order valence-electron chi connectivity index (χ0n) is 34.5. The van der Waals surface area contributed by atoms with Crippen LogP contribution in [0.1, 0.15) is 22.3 Å². The number of hydrogen-bond donors (Lipinski definition) is 0. The highest BCUT2D eigenvalue weighted by Gasteiger charge is 2.46. The van der Waals surface area contributed by atoms with Crippen molar-refractivity contribution in [3.8, 4) is 44.5 Å². The molecule has 1 nitrogen and oxygen atoms in total. The van der Waals surface area contributed by atoms with Gasteiger partial charge in [0.15, 0.2) is 0 Å². The number of thiophene rings is 1. The van der Waals surface area contributed by atoms with E-state index < -0.39 is 5.41 Å². The Hall–Kier alpha value is -7.78. The van der Waals surface area contributed by atoms with Gasteiger partial charge in [-0.15, -0.1) is 11.3 Å². The lowest BCUT2D eigenvalue weighted by atomic mass is 9.67. The third-order valence-electron chi connectivity index (χ3n) is 13.0. The maximum atomic E-state index is 2.50. The molecule has 0 amide bonds. The number of fused-ring (bicyclic) bond motifs is 6. The molecule has 0 N–H and O–H groups in total. The molecule has 1 aromatic heterocycles. The average molecular weight is 820 g/mol. The molecule has 12 rings (SSSR count). The predicted octanol–water partition coefficient (Wildman–Crippen LogP) is 16.9. The van der Waals surface area contributed by atoms with Gasteiger partial charge in [-0.3, -0.25) is 0 Å². The van der Waals surface area contributed by atoms with Gasteiger partial charge in [-0.25, -0.2) is 0 Å². The van der Waals surface area contributed by atoms with Crippen LogP contribution in [0, 0.1) is 0 Å². The Bertz CT molecular complexity index is 3370. The Kier molecular flexibility index (Phi) is 8.98. The summed E-state index contributed by atoms with van der Waals surface area (Å²) in [4.78, 5) is 2.40. The van der Waals surface area contributed by atoms with Gasteiger partial charge in [0.1, 0.15) is 0 Å². The van der Waals surface area contributed by atoms with Crippen molar-refractivity contribution in [1.29, 1.82) is 0 Å². The molecule has 0 atom stereocenters. The number of hydrogen-bond acceptors (Lipinski definition) is 2.